The molecule has 15 heteroatoms. The lowest BCUT2D eigenvalue weighted by Gasteiger charge is -2.33. The second-order valence-corrected chi connectivity index (χ2v) is 16.3. The van der Waals surface area contributed by atoms with E-state index in [-0.39, 0.29) is 36.7 Å². The van der Waals surface area contributed by atoms with Crippen molar-refractivity contribution in [3.8, 4) is 0 Å². The van der Waals surface area contributed by atoms with Gasteiger partial charge in [-0.2, -0.15) is 0 Å². The van der Waals surface area contributed by atoms with Crippen molar-refractivity contribution < 1.29 is 43.4 Å². The SMILES string of the molecule is C/C=C(\C)[C@@H](O)[C@@H](C)[C@@H]1C/C=C(\C)C(=O)O[C@H](CC(C)C)C(=O)N[C@@H](C)C(=O)N(C)[C@H](Cc2ccccc2)C(=O)N(C)CC(=O)N[C@@H](C(C)CC)C(=O)N[C@H](C)C(=O)N1. The Labute approximate surface area is 350 Å². The molecule has 328 valence electrons. The minimum Gasteiger partial charge on any atom is -0.449 e. The summed E-state index contributed by atoms with van der Waals surface area (Å²) < 4.78 is 5.73. The summed E-state index contributed by atoms with van der Waals surface area (Å²) in [6, 6.07) is 3.95. The Morgan fingerprint density at radius 1 is 0.881 bits per heavy atom. The average molecular weight is 825 g/mol. The van der Waals surface area contributed by atoms with Gasteiger partial charge in [0, 0.05) is 38.0 Å². The van der Waals surface area contributed by atoms with Crippen molar-refractivity contribution in [2.45, 2.75) is 137 Å². The Bertz CT molecular complexity index is 1700. The maximum Gasteiger partial charge on any atom is 0.334 e. The van der Waals surface area contributed by atoms with E-state index in [0.717, 1.165) is 5.56 Å². The third kappa shape index (κ3) is 14.9. The summed E-state index contributed by atoms with van der Waals surface area (Å²) in [7, 11) is 2.87. The summed E-state index contributed by atoms with van der Waals surface area (Å²) >= 11 is 0. The molecule has 0 saturated heterocycles. The Kier molecular flexibility index (Phi) is 20.0. The molecule has 5 N–H and O–H groups in total. The number of esters is 1. The average Bonchev–Trinajstić information content (AvgIpc) is 3.20. The first-order valence-corrected chi connectivity index (χ1v) is 20.6. The molecule has 0 fully saturated rings. The molecule has 0 radical (unpaired) electrons. The van der Waals surface area contributed by atoms with Crippen molar-refractivity contribution in [2.24, 2.45) is 17.8 Å². The van der Waals surface area contributed by atoms with Crippen LogP contribution in [0.2, 0.25) is 0 Å². The third-order valence-corrected chi connectivity index (χ3v) is 11.0. The molecule has 0 aliphatic carbocycles. The molecule has 1 heterocycles. The van der Waals surface area contributed by atoms with Gasteiger partial charge in [-0.15, -0.1) is 0 Å². The predicted molar refractivity (Wildman–Crippen MR) is 225 cm³/mol. The van der Waals surface area contributed by atoms with Crippen LogP contribution in [0.15, 0.2) is 53.6 Å². The van der Waals surface area contributed by atoms with Crippen LogP contribution in [0, 0.1) is 17.8 Å². The van der Waals surface area contributed by atoms with Gasteiger partial charge in [0.05, 0.1) is 12.6 Å². The maximum atomic E-state index is 14.1. The number of rotatable bonds is 9. The standard InChI is InChI=1S/C44H68N6O9/c1-13-26(5)37-41(55)45-30(9)39(53)47-33(29(8)38(52)27(6)14-2)21-20-28(7)44(58)59-35(22-25(3)4)40(54)46-31(10)42(56)50(12)34(23-32-18-16-15-17-19-32)43(57)49(11)24-36(51)48-37/h14-20,25-26,29-31,33-35,37-38,52H,13,21-24H2,1-12H3,(H,45,55)(H,46,54)(H,47,53)(H,48,51)/b27-14+,28-20+/t26?,29-,30+,31-,33-,34+,35+,37-,38+/m0/s1. The van der Waals surface area contributed by atoms with E-state index in [4.69, 9.17) is 4.74 Å². The minimum atomic E-state index is -1.26. The molecular formula is C44H68N6O9. The fourth-order valence-corrected chi connectivity index (χ4v) is 6.66. The Hall–Kier alpha value is -5.05. The second kappa shape index (κ2) is 23.5. The molecule has 0 aromatic heterocycles. The van der Waals surface area contributed by atoms with Crippen molar-refractivity contribution in [1.82, 2.24) is 31.1 Å². The molecule has 6 amide bonds. The van der Waals surface area contributed by atoms with Gasteiger partial charge in [0.25, 0.3) is 5.91 Å². The molecule has 1 unspecified atom stereocenters. The number of carbonyl (C=O) groups excluding carboxylic acids is 7. The molecule has 1 aromatic carbocycles. The fraction of sp³-hybridized carbons (Fsp3) is 0.614. The highest BCUT2D eigenvalue weighted by atomic mass is 16.5. The number of benzene rings is 1. The van der Waals surface area contributed by atoms with Crippen molar-refractivity contribution in [1.29, 1.82) is 0 Å². The van der Waals surface area contributed by atoms with Gasteiger partial charge < -0.3 is 40.9 Å². The minimum absolute atomic E-state index is 0.0799. The van der Waals surface area contributed by atoms with E-state index in [1.807, 2.05) is 39.0 Å². The first-order valence-electron chi connectivity index (χ1n) is 20.6. The molecule has 1 aromatic rings. The number of nitrogens with zero attached hydrogens (tertiary/aromatic N) is 2. The summed E-state index contributed by atoms with van der Waals surface area (Å²) in [5.74, 6) is -5.42. The van der Waals surface area contributed by atoms with Gasteiger partial charge in [-0.1, -0.05) is 83.5 Å². The third-order valence-electron chi connectivity index (χ3n) is 11.0. The highest BCUT2D eigenvalue weighted by molar-refractivity contribution is 5.96. The fourth-order valence-electron chi connectivity index (χ4n) is 6.66. The zero-order chi connectivity index (χ0) is 44.7. The summed E-state index contributed by atoms with van der Waals surface area (Å²) in [5, 5.41) is 22.1. The highest BCUT2D eigenvalue weighted by Crippen LogP contribution is 2.21. The predicted octanol–water partition coefficient (Wildman–Crippen LogP) is 2.81. The molecule has 9 atom stereocenters. The first kappa shape index (κ1) is 50.1. The number of likely N-dealkylation sites (N-methyl/N-ethyl adjacent to an activating group) is 2. The molecule has 1 aliphatic rings. The van der Waals surface area contributed by atoms with Gasteiger partial charge in [-0.3, -0.25) is 28.8 Å². The Balaban J connectivity index is 2.65. The summed E-state index contributed by atoms with van der Waals surface area (Å²) in [6.07, 6.45) is 1.94. The normalized spacial score (nSPS) is 27.0. The van der Waals surface area contributed by atoms with Crippen LogP contribution in [0.3, 0.4) is 0 Å². The van der Waals surface area contributed by atoms with E-state index in [2.05, 4.69) is 21.3 Å². The van der Waals surface area contributed by atoms with Crippen LogP contribution in [0.1, 0.15) is 94.1 Å². The monoisotopic (exact) mass is 825 g/mol. The van der Waals surface area contributed by atoms with Gasteiger partial charge in [0.2, 0.25) is 29.5 Å². The van der Waals surface area contributed by atoms with Crippen LogP contribution in [0.4, 0.5) is 0 Å². The zero-order valence-electron chi connectivity index (χ0n) is 37.0. The van der Waals surface area contributed by atoms with E-state index >= 15 is 0 Å². The Morgan fingerprint density at radius 3 is 2.07 bits per heavy atom. The molecule has 15 nitrogen and oxygen atoms in total. The van der Waals surface area contributed by atoms with Gasteiger partial charge in [-0.05, 0) is 70.4 Å². The molecular weight excluding hydrogens is 757 g/mol. The van der Waals surface area contributed by atoms with E-state index in [9.17, 15) is 38.7 Å². The van der Waals surface area contributed by atoms with Crippen LogP contribution < -0.4 is 21.3 Å². The van der Waals surface area contributed by atoms with Crippen LogP contribution >= 0.6 is 0 Å². The number of hydrogen-bond acceptors (Lipinski definition) is 9. The number of nitrogens with one attached hydrogen (secondary N) is 4. The second-order valence-electron chi connectivity index (χ2n) is 16.3. The number of carbonyl (C=O) groups is 7. The molecule has 0 bridgehead atoms. The van der Waals surface area contributed by atoms with Gasteiger partial charge in [0.15, 0.2) is 6.10 Å². The molecule has 0 spiro atoms. The van der Waals surface area contributed by atoms with Gasteiger partial charge >= 0.3 is 5.97 Å². The van der Waals surface area contributed by atoms with Gasteiger partial charge in [0.1, 0.15) is 24.2 Å². The van der Waals surface area contributed by atoms with Crippen molar-refractivity contribution in [2.75, 3.05) is 20.6 Å². The lowest BCUT2D eigenvalue weighted by Crippen LogP contribution is -2.58. The molecule has 0 saturated carbocycles. The number of allylic oxidation sites excluding steroid dienone is 1. The van der Waals surface area contributed by atoms with Crippen LogP contribution in [-0.2, 0) is 44.7 Å². The topological polar surface area (TPSA) is 204 Å². The molecule has 59 heavy (non-hydrogen) atoms. The van der Waals surface area contributed by atoms with Crippen LogP contribution in [0.25, 0.3) is 0 Å². The Morgan fingerprint density at radius 2 is 1.49 bits per heavy atom. The summed E-state index contributed by atoms with van der Waals surface area (Å²) in [4.78, 5) is 98.5. The van der Waals surface area contributed by atoms with E-state index < -0.39 is 96.3 Å². The first-order chi connectivity index (χ1) is 27.6. The lowest BCUT2D eigenvalue weighted by molar-refractivity contribution is -0.154. The van der Waals surface area contributed by atoms with E-state index in [1.165, 1.54) is 44.7 Å². The summed E-state index contributed by atoms with van der Waals surface area (Å²) in [6.45, 7) is 16.7. The maximum absolute atomic E-state index is 14.1. The van der Waals surface area contributed by atoms with Crippen LogP contribution in [0.5, 0.6) is 0 Å². The number of hydrogen-bond donors (Lipinski definition) is 5. The largest absolute Gasteiger partial charge is 0.449 e. The highest BCUT2D eigenvalue weighted by Gasteiger charge is 2.36. The van der Waals surface area contributed by atoms with Crippen molar-refractivity contribution >= 4 is 41.4 Å². The molecule has 2 rings (SSSR count). The van der Waals surface area contributed by atoms with E-state index in [1.54, 1.807) is 52.0 Å². The number of cyclic esters (lactones) is 1. The number of amides is 6. The number of aliphatic hydroxyl groups excluding tert-OH is 1. The summed E-state index contributed by atoms with van der Waals surface area (Å²) in [5.41, 5.74) is 1.57. The molecule has 1 aliphatic heterocycles. The van der Waals surface area contributed by atoms with Crippen molar-refractivity contribution in [3.63, 3.8) is 0 Å². The smallest absolute Gasteiger partial charge is 0.334 e. The van der Waals surface area contributed by atoms with E-state index in [0.29, 0.717) is 12.0 Å². The number of aliphatic hydroxyl groups is 1. The quantitative estimate of drug-likeness (QED) is 0.183. The number of ether oxygens (including phenoxy) is 1. The lowest BCUT2D eigenvalue weighted by atomic mass is 9.88. The van der Waals surface area contributed by atoms with Crippen molar-refractivity contribution in [3.05, 3.63) is 59.2 Å². The van der Waals surface area contributed by atoms with Gasteiger partial charge in [-0.25, -0.2) is 4.79 Å². The zero-order valence-corrected chi connectivity index (χ0v) is 37.0. The van der Waals surface area contributed by atoms with Crippen LogP contribution in [-0.4, -0.2) is 119 Å².